The monoisotopic (exact) mass is 251 g/mol. The molecule has 1 aromatic carbocycles. The Bertz CT molecular complexity index is 384. The van der Waals surface area contributed by atoms with Crippen LogP contribution in [0.15, 0.2) is 30.3 Å². The van der Waals surface area contributed by atoms with Gasteiger partial charge in [0.2, 0.25) is 0 Å². The van der Waals surface area contributed by atoms with Crippen molar-refractivity contribution < 1.29 is 14.3 Å². The van der Waals surface area contributed by atoms with Gasteiger partial charge >= 0.3 is 5.97 Å². The Morgan fingerprint density at radius 2 is 1.78 bits per heavy atom. The Morgan fingerprint density at radius 1 is 1.22 bits per heavy atom. The predicted octanol–water partition coefficient (Wildman–Crippen LogP) is 2.04. The molecule has 1 rings (SSSR count). The molecule has 2 unspecified atom stereocenters. The van der Waals surface area contributed by atoms with E-state index in [1.165, 1.54) is 7.11 Å². The van der Waals surface area contributed by atoms with E-state index in [1.54, 1.807) is 0 Å². The summed E-state index contributed by atoms with van der Waals surface area (Å²) in [6.07, 6.45) is -0.799. The van der Waals surface area contributed by atoms with E-state index >= 15 is 0 Å². The van der Waals surface area contributed by atoms with Crippen LogP contribution in [0.4, 0.5) is 0 Å². The molecule has 100 valence electrons. The molecule has 4 heteroatoms. The summed E-state index contributed by atoms with van der Waals surface area (Å²) >= 11 is 0. The van der Waals surface area contributed by atoms with E-state index in [0.717, 1.165) is 5.56 Å². The van der Waals surface area contributed by atoms with Crippen molar-refractivity contribution in [1.29, 1.82) is 0 Å². The highest BCUT2D eigenvalue weighted by atomic mass is 16.6. The minimum atomic E-state index is -0.799. The molecule has 2 atom stereocenters. The zero-order valence-electron chi connectivity index (χ0n) is 11.3. The second-order valence-corrected chi connectivity index (χ2v) is 5.13. The van der Waals surface area contributed by atoms with Crippen molar-refractivity contribution >= 4 is 5.97 Å². The Hall–Kier alpha value is -1.39. The smallest absolute Gasteiger partial charge is 0.337 e. The fourth-order valence-electron chi connectivity index (χ4n) is 1.60. The molecule has 4 nitrogen and oxygen atoms in total. The Labute approximate surface area is 108 Å². The average Bonchev–Trinajstić information content (AvgIpc) is 2.28. The Kier molecular flexibility index (Phi) is 4.87. The highest BCUT2D eigenvalue weighted by Crippen LogP contribution is 2.19. The molecule has 0 bridgehead atoms. The lowest BCUT2D eigenvalue weighted by Gasteiger charge is -2.26. The van der Waals surface area contributed by atoms with Gasteiger partial charge in [0.15, 0.2) is 6.10 Å². The molecule has 0 fully saturated rings. The number of hydrogen-bond acceptors (Lipinski definition) is 4. The number of esters is 1. The average molecular weight is 251 g/mol. The van der Waals surface area contributed by atoms with Crippen molar-refractivity contribution in [2.45, 2.75) is 38.5 Å². The van der Waals surface area contributed by atoms with Gasteiger partial charge in [-0.25, -0.2) is 4.79 Å². The lowest BCUT2D eigenvalue weighted by molar-refractivity contribution is -0.168. The van der Waals surface area contributed by atoms with E-state index in [9.17, 15) is 4.79 Å². The summed E-state index contributed by atoms with van der Waals surface area (Å²) in [5.74, 6) is -0.443. The predicted molar refractivity (Wildman–Crippen MR) is 70.0 cm³/mol. The first kappa shape index (κ1) is 14.7. The van der Waals surface area contributed by atoms with Crippen LogP contribution in [0, 0.1) is 0 Å². The molecule has 18 heavy (non-hydrogen) atoms. The molecule has 2 N–H and O–H groups in total. The van der Waals surface area contributed by atoms with E-state index in [2.05, 4.69) is 0 Å². The SMILES string of the molecule is COC(C(=O)OC(C)(C)C)C(N)c1ccccc1. The zero-order chi connectivity index (χ0) is 13.8. The van der Waals surface area contributed by atoms with Gasteiger partial charge in [0, 0.05) is 7.11 Å². The van der Waals surface area contributed by atoms with E-state index in [4.69, 9.17) is 15.2 Å². The van der Waals surface area contributed by atoms with Crippen molar-refractivity contribution in [2.75, 3.05) is 7.11 Å². The van der Waals surface area contributed by atoms with Gasteiger partial charge in [-0.15, -0.1) is 0 Å². The molecular weight excluding hydrogens is 230 g/mol. The molecule has 0 spiro atoms. The molecule has 0 radical (unpaired) electrons. The quantitative estimate of drug-likeness (QED) is 0.832. The third kappa shape index (κ3) is 4.13. The highest BCUT2D eigenvalue weighted by molar-refractivity contribution is 5.76. The topological polar surface area (TPSA) is 61.5 Å². The number of rotatable bonds is 4. The van der Waals surface area contributed by atoms with Crippen LogP contribution in [0.25, 0.3) is 0 Å². The summed E-state index contributed by atoms with van der Waals surface area (Å²) < 4.78 is 10.5. The first-order valence-corrected chi connectivity index (χ1v) is 5.91. The maximum absolute atomic E-state index is 12.0. The van der Waals surface area contributed by atoms with Gasteiger partial charge < -0.3 is 15.2 Å². The first-order chi connectivity index (χ1) is 8.35. The number of ether oxygens (including phenoxy) is 2. The van der Waals surface area contributed by atoms with E-state index < -0.39 is 23.7 Å². The summed E-state index contributed by atoms with van der Waals surface area (Å²) in [6.45, 7) is 5.43. The van der Waals surface area contributed by atoms with E-state index in [-0.39, 0.29) is 0 Å². The van der Waals surface area contributed by atoms with E-state index in [0.29, 0.717) is 0 Å². The third-order valence-electron chi connectivity index (χ3n) is 2.40. The molecule has 0 heterocycles. The molecule has 0 aromatic heterocycles. The van der Waals surface area contributed by atoms with Gasteiger partial charge in [-0.2, -0.15) is 0 Å². The van der Waals surface area contributed by atoms with Gasteiger partial charge in [0.05, 0.1) is 6.04 Å². The molecule has 0 saturated heterocycles. The standard InChI is InChI=1S/C14H21NO3/c1-14(2,3)18-13(16)12(17-4)11(15)10-8-6-5-7-9-10/h5-9,11-12H,15H2,1-4H3. The van der Waals surface area contributed by atoms with Crippen molar-refractivity contribution in [3.63, 3.8) is 0 Å². The van der Waals surface area contributed by atoms with Gasteiger partial charge in [-0.3, -0.25) is 0 Å². The number of nitrogens with two attached hydrogens (primary N) is 1. The minimum absolute atomic E-state index is 0.443. The zero-order valence-corrected chi connectivity index (χ0v) is 11.3. The summed E-state index contributed by atoms with van der Waals surface area (Å²) in [5, 5.41) is 0. The van der Waals surface area contributed by atoms with Crippen molar-refractivity contribution in [1.82, 2.24) is 0 Å². The van der Waals surface area contributed by atoms with Gasteiger partial charge in [-0.1, -0.05) is 30.3 Å². The maximum atomic E-state index is 12.0. The first-order valence-electron chi connectivity index (χ1n) is 5.91. The molecule has 0 aliphatic carbocycles. The van der Waals surface area contributed by atoms with Crippen LogP contribution < -0.4 is 5.73 Å². The summed E-state index contributed by atoms with van der Waals surface area (Å²) in [4.78, 5) is 12.0. The fourth-order valence-corrected chi connectivity index (χ4v) is 1.60. The van der Waals surface area contributed by atoms with Crippen LogP contribution in [0.2, 0.25) is 0 Å². The molecular formula is C14H21NO3. The lowest BCUT2D eigenvalue weighted by atomic mass is 10.0. The van der Waals surface area contributed by atoms with Gasteiger partial charge in [0.25, 0.3) is 0 Å². The number of methoxy groups -OCH3 is 1. The number of carbonyl (C=O) groups excluding carboxylic acids is 1. The van der Waals surface area contributed by atoms with Crippen molar-refractivity contribution in [3.05, 3.63) is 35.9 Å². The van der Waals surface area contributed by atoms with Gasteiger partial charge in [0.1, 0.15) is 5.60 Å². The van der Waals surface area contributed by atoms with Crippen LogP contribution in [-0.4, -0.2) is 24.8 Å². The summed E-state index contributed by atoms with van der Waals surface area (Å²) in [6, 6.07) is 8.83. The minimum Gasteiger partial charge on any atom is -0.458 e. The molecule has 1 aromatic rings. The van der Waals surface area contributed by atoms with Crippen LogP contribution in [0.1, 0.15) is 32.4 Å². The van der Waals surface area contributed by atoms with Crippen LogP contribution >= 0.6 is 0 Å². The number of benzene rings is 1. The molecule has 0 aliphatic heterocycles. The Balaban J connectivity index is 2.81. The molecule has 0 saturated carbocycles. The second kappa shape index (κ2) is 5.98. The fraction of sp³-hybridized carbons (Fsp3) is 0.500. The molecule has 0 aliphatic rings. The third-order valence-corrected chi connectivity index (χ3v) is 2.40. The Morgan fingerprint density at radius 3 is 2.22 bits per heavy atom. The van der Waals surface area contributed by atoms with Gasteiger partial charge in [-0.05, 0) is 26.3 Å². The molecule has 0 amide bonds. The highest BCUT2D eigenvalue weighted by Gasteiger charge is 2.30. The van der Waals surface area contributed by atoms with Crippen molar-refractivity contribution in [2.24, 2.45) is 5.73 Å². The lowest BCUT2D eigenvalue weighted by Crippen LogP contribution is -2.39. The van der Waals surface area contributed by atoms with E-state index in [1.807, 2.05) is 51.1 Å². The van der Waals surface area contributed by atoms with Crippen LogP contribution in [0.3, 0.4) is 0 Å². The number of carbonyl (C=O) groups is 1. The van der Waals surface area contributed by atoms with Crippen molar-refractivity contribution in [3.8, 4) is 0 Å². The number of hydrogen-bond donors (Lipinski definition) is 1. The summed E-state index contributed by atoms with van der Waals surface area (Å²) in [5.41, 5.74) is 6.34. The summed E-state index contributed by atoms with van der Waals surface area (Å²) in [7, 11) is 1.46. The second-order valence-electron chi connectivity index (χ2n) is 5.13. The van der Waals surface area contributed by atoms with Crippen LogP contribution in [-0.2, 0) is 14.3 Å². The maximum Gasteiger partial charge on any atom is 0.337 e. The largest absolute Gasteiger partial charge is 0.458 e. The normalized spacial score (nSPS) is 14.9. The van der Waals surface area contributed by atoms with Crippen LogP contribution in [0.5, 0.6) is 0 Å².